The van der Waals surface area contributed by atoms with Crippen LogP contribution in [0, 0.1) is 11.3 Å². The van der Waals surface area contributed by atoms with E-state index in [2.05, 4.69) is 11.1 Å². The fourth-order valence-corrected chi connectivity index (χ4v) is 6.03. The van der Waals surface area contributed by atoms with Gasteiger partial charge in [-0.05, 0) is 42.0 Å². The summed E-state index contributed by atoms with van der Waals surface area (Å²) < 4.78 is 39.3. The number of aromatic nitrogens is 1. The van der Waals surface area contributed by atoms with Crippen molar-refractivity contribution < 1.29 is 22.7 Å². The van der Waals surface area contributed by atoms with E-state index in [9.17, 15) is 13.2 Å². The van der Waals surface area contributed by atoms with Gasteiger partial charge in [0.1, 0.15) is 23.3 Å². The first kappa shape index (κ1) is 22.7. The van der Waals surface area contributed by atoms with Crippen LogP contribution in [0.3, 0.4) is 0 Å². The first-order chi connectivity index (χ1) is 16.9. The normalized spacial score (nSPS) is 15.4. The number of carbonyl (C=O) groups excluding carboxylic acids is 1. The van der Waals surface area contributed by atoms with Crippen LogP contribution < -0.4 is 13.8 Å². The highest BCUT2D eigenvalue weighted by Gasteiger charge is 2.44. The number of benzene rings is 2. The highest BCUT2D eigenvalue weighted by molar-refractivity contribution is 7.93. The van der Waals surface area contributed by atoms with Crippen LogP contribution in [0.15, 0.2) is 60.9 Å². The molecule has 178 valence electrons. The number of rotatable bonds is 5. The van der Waals surface area contributed by atoms with Gasteiger partial charge >= 0.3 is 0 Å². The number of hydrogen-bond donors (Lipinski definition) is 0. The second-order valence-corrected chi connectivity index (χ2v) is 10.4. The molecule has 10 heteroatoms. The molecular formula is C25H22N4O5S. The average Bonchev–Trinajstić information content (AvgIpc) is 2.87. The van der Waals surface area contributed by atoms with E-state index < -0.39 is 15.3 Å². The number of sulfonamides is 1. The number of nitrogens with zero attached hydrogens (tertiary/aromatic N) is 4. The lowest BCUT2D eigenvalue weighted by Gasteiger charge is -2.42. The molecule has 1 fully saturated rings. The Balaban J connectivity index is 1.36. The van der Waals surface area contributed by atoms with Crippen molar-refractivity contribution in [1.29, 1.82) is 5.26 Å². The third kappa shape index (κ3) is 4.04. The Morgan fingerprint density at radius 2 is 1.83 bits per heavy atom. The minimum absolute atomic E-state index is 0.114. The molecule has 2 aromatic carbocycles. The van der Waals surface area contributed by atoms with Gasteiger partial charge in [0, 0.05) is 30.4 Å². The van der Waals surface area contributed by atoms with E-state index in [1.807, 2.05) is 0 Å². The van der Waals surface area contributed by atoms with Crippen LogP contribution >= 0.6 is 0 Å². The predicted molar refractivity (Wildman–Crippen MR) is 129 cm³/mol. The third-order valence-electron chi connectivity index (χ3n) is 6.21. The summed E-state index contributed by atoms with van der Waals surface area (Å²) in [5.41, 5.74) is 2.80. The van der Waals surface area contributed by atoms with Crippen LogP contribution in [0.2, 0.25) is 0 Å². The number of fused-ring (bicyclic) bond motifs is 1. The van der Waals surface area contributed by atoms with Gasteiger partial charge in [-0.25, -0.2) is 8.42 Å². The quantitative estimate of drug-likeness (QED) is 0.540. The van der Waals surface area contributed by atoms with Crippen molar-refractivity contribution in [2.45, 2.75) is 5.25 Å². The van der Waals surface area contributed by atoms with E-state index in [1.165, 1.54) is 15.4 Å². The number of methoxy groups -OCH3 is 1. The Labute approximate surface area is 203 Å². The summed E-state index contributed by atoms with van der Waals surface area (Å²) in [6.45, 7) is 0.586. The standard InChI is InChI=1S/C25H22N4O5S/c1-33-20-8-6-19(7-9-20)25(30)28-15-21(16-28)35(31,32)29-10-11-34-24-22(13-27-14-23(24)29)18-4-2-17(12-26)3-5-18/h2-9,13-14,21H,10-11,15-16H2,1H3. The maximum Gasteiger partial charge on any atom is 0.253 e. The fourth-order valence-electron chi connectivity index (χ4n) is 4.20. The van der Waals surface area contributed by atoms with Gasteiger partial charge in [-0.15, -0.1) is 0 Å². The molecule has 0 unspecified atom stereocenters. The molecule has 1 aromatic heterocycles. The number of carbonyl (C=O) groups is 1. The zero-order valence-electron chi connectivity index (χ0n) is 18.9. The molecule has 2 aliphatic heterocycles. The van der Waals surface area contributed by atoms with Crippen molar-refractivity contribution in [3.05, 3.63) is 72.1 Å². The second kappa shape index (κ2) is 8.92. The summed E-state index contributed by atoms with van der Waals surface area (Å²) in [6, 6.07) is 15.7. The zero-order valence-corrected chi connectivity index (χ0v) is 19.7. The molecule has 5 rings (SSSR count). The molecule has 0 saturated carbocycles. The number of pyridine rings is 1. The molecular weight excluding hydrogens is 468 g/mol. The lowest BCUT2D eigenvalue weighted by molar-refractivity contribution is 0.0658. The first-order valence-corrected chi connectivity index (χ1v) is 12.5. The molecule has 9 nitrogen and oxygen atoms in total. The first-order valence-electron chi connectivity index (χ1n) is 11.0. The highest BCUT2D eigenvalue weighted by atomic mass is 32.2. The van der Waals surface area contributed by atoms with Crippen molar-refractivity contribution in [3.8, 4) is 28.7 Å². The van der Waals surface area contributed by atoms with Crippen LogP contribution in [0.5, 0.6) is 11.5 Å². The minimum Gasteiger partial charge on any atom is -0.497 e. The SMILES string of the molecule is COc1ccc(C(=O)N2CC(S(=O)(=O)N3CCOc4c(-c5ccc(C#N)cc5)cncc43)C2)cc1. The summed E-state index contributed by atoms with van der Waals surface area (Å²) in [7, 11) is -2.20. The van der Waals surface area contributed by atoms with E-state index in [1.54, 1.807) is 61.8 Å². The van der Waals surface area contributed by atoms with Crippen LogP contribution in [0.25, 0.3) is 11.1 Å². The molecule has 0 aliphatic carbocycles. The molecule has 35 heavy (non-hydrogen) atoms. The van der Waals surface area contributed by atoms with Crippen LogP contribution in [-0.4, -0.2) is 62.8 Å². The lowest BCUT2D eigenvalue weighted by Crippen LogP contribution is -2.60. The van der Waals surface area contributed by atoms with Gasteiger partial charge in [-0.2, -0.15) is 5.26 Å². The van der Waals surface area contributed by atoms with Gasteiger partial charge < -0.3 is 14.4 Å². The van der Waals surface area contributed by atoms with Gasteiger partial charge in [-0.1, -0.05) is 12.1 Å². The summed E-state index contributed by atoms with van der Waals surface area (Å²) in [5, 5.41) is 8.33. The molecule has 0 atom stereocenters. The highest BCUT2D eigenvalue weighted by Crippen LogP contribution is 2.42. The maximum absolute atomic E-state index is 13.5. The Bertz CT molecular complexity index is 1410. The number of nitriles is 1. The maximum atomic E-state index is 13.5. The topological polar surface area (TPSA) is 113 Å². The Morgan fingerprint density at radius 1 is 1.11 bits per heavy atom. The van der Waals surface area contributed by atoms with Gasteiger partial charge in [0.2, 0.25) is 10.0 Å². The molecule has 0 radical (unpaired) electrons. The molecule has 3 aromatic rings. The van der Waals surface area contributed by atoms with Crippen molar-refractivity contribution in [2.75, 3.05) is 37.7 Å². The largest absolute Gasteiger partial charge is 0.497 e. The molecule has 1 saturated heterocycles. The van der Waals surface area contributed by atoms with E-state index in [4.69, 9.17) is 14.7 Å². The summed E-state index contributed by atoms with van der Waals surface area (Å²) in [6.07, 6.45) is 3.10. The Morgan fingerprint density at radius 3 is 2.49 bits per heavy atom. The average molecular weight is 491 g/mol. The molecule has 0 spiro atoms. The van der Waals surface area contributed by atoms with Gasteiger partial charge in [0.15, 0.2) is 5.75 Å². The molecule has 3 heterocycles. The van der Waals surface area contributed by atoms with E-state index in [0.29, 0.717) is 33.9 Å². The van der Waals surface area contributed by atoms with Crippen molar-refractivity contribution in [2.24, 2.45) is 0 Å². The van der Waals surface area contributed by atoms with Gasteiger partial charge in [-0.3, -0.25) is 14.1 Å². The molecule has 0 bridgehead atoms. The van der Waals surface area contributed by atoms with E-state index in [-0.39, 0.29) is 32.1 Å². The number of likely N-dealkylation sites (tertiary alicyclic amines) is 1. The Hall–Kier alpha value is -4.10. The smallest absolute Gasteiger partial charge is 0.253 e. The summed E-state index contributed by atoms with van der Waals surface area (Å²) in [5.74, 6) is 0.863. The third-order valence-corrected chi connectivity index (χ3v) is 8.35. The van der Waals surface area contributed by atoms with Gasteiger partial charge in [0.25, 0.3) is 5.91 Å². The molecule has 2 aliphatic rings. The number of amides is 1. The van der Waals surface area contributed by atoms with Crippen LogP contribution in [0.1, 0.15) is 15.9 Å². The lowest BCUT2D eigenvalue weighted by atomic mass is 10.0. The van der Waals surface area contributed by atoms with Crippen molar-refractivity contribution in [1.82, 2.24) is 9.88 Å². The predicted octanol–water partition coefficient (Wildman–Crippen LogP) is 2.68. The number of anilines is 1. The van der Waals surface area contributed by atoms with Gasteiger partial charge in [0.05, 0.1) is 31.5 Å². The monoisotopic (exact) mass is 490 g/mol. The summed E-state index contributed by atoms with van der Waals surface area (Å²) in [4.78, 5) is 18.5. The number of hydrogen-bond acceptors (Lipinski definition) is 7. The van der Waals surface area contributed by atoms with Crippen LogP contribution in [0.4, 0.5) is 5.69 Å². The van der Waals surface area contributed by atoms with Crippen LogP contribution in [-0.2, 0) is 10.0 Å². The zero-order chi connectivity index (χ0) is 24.6. The molecule has 0 N–H and O–H groups in total. The fraction of sp³-hybridized carbons (Fsp3) is 0.240. The second-order valence-electron chi connectivity index (χ2n) is 8.25. The number of ether oxygens (including phenoxy) is 2. The summed E-state index contributed by atoms with van der Waals surface area (Å²) >= 11 is 0. The Kier molecular flexibility index (Phi) is 5.78. The minimum atomic E-state index is -3.75. The van der Waals surface area contributed by atoms with E-state index >= 15 is 0 Å². The molecule has 1 amide bonds. The van der Waals surface area contributed by atoms with Crippen molar-refractivity contribution in [3.63, 3.8) is 0 Å². The van der Waals surface area contributed by atoms with E-state index in [0.717, 1.165) is 5.56 Å². The van der Waals surface area contributed by atoms with Crippen molar-refractivity contribution >= 4 is 21.6 Å².